The van der Waals surface area contributed by atoms with Gasteiger partial charge in [-0.1, -0.05) is 60.7 Å². The number of halogens is 1. The summed E-state index contributed by atoms with van der Waals surface area (Å²) in [4.78, 5) is 48.8. The molecule has 2 atom stereocenters. The number of carboxylic acid groups (broad SMARTS) is 2. The molecule has 3 aromatic carbocycles. The summed E-state index contributed by atoms with van der Waals surface area (Å²) in [5.74, 6) is 0.496. The largest absolute Gasteiger partial charge is 0.478 e. The molecule has 11 heteroatoms. The van der Waals surface area contributed by atoms with E-state index in [0.717, 1.165) is 84.3 Å². The van der Waals surface area contributed by atoms with Crippen LogP contribution in [0, 0.1) is 0 Å². The van der Waals surface area contributed by atoms with Crippen LogP contribution < -0.4 is 9.80 Å². The molecule has 9 rings (SSSR count). The lowest BCUT2D eigenvalue weighted by Gasteiger charge is -2.25. The molecule has 0 amide bonds. The lowest BCUT2D eigenvalue weighted by atomic mass is 9.91. The zero-order valence-electron chi connectivity index (χ0n) is 32.1. The first-order chi connectivity index (χ1) is 27.3. The van der Waals surface area contributed by atoms with Crippen LogP contribution in [0.15, 0.2) is 95.2 Å². The predicted octanol–water partition coefficient (Wildman–Crippen LogP) is 8.11. The van der Waals surface area contributed by atoms with E-state index in [4.69, 9.17) is 20.0 Å². The number of carboxylic acids is 2. The number of fused-ring (bicyclic) bond motifs is 2. The lowest BCUT2D eigenvalue weighted by Crippen LogP contribution is -2.29. The van der Waals surface area contributed by atoms with Crippen molar-refractivity contribution >= 4 is 47.4 Å². The maximum Gasteiger partial charge on any atom is 0.335 e. The van der Waals surface area contributed by atoms with Crippen LogP contribution in [-0.4, -0.2) is 70.0 Å². The van der Waals surface area contributed by atoms with Gasteiger partial charge in [0, 0.05) is 76.1 Å². The first-order valence-corrected chi connectivity index (χ1v) is 19.7. The topological polar surface area (TPSA) is 132 Å². The van der Waals surface area contributed by atoms with Gasteiger partial charge in [-0.05, 0) is 83.3 Å². The molecule has 1 unspecified atom stereocenters. The smallest absolute Gasteiger partial charge is 0.335 e. The summed E-state index contributed by atoms with van der Waals surface area (Å²) in [6.07, 6.45) is 8.42. The van der Waals surface area contributed by atoms with Crippen molar-refractivity contribution in [2.75, 3.05) is 36.0 Å². The van der Waals surface area contributed by atoms with Crippen LogP contribution in [0.25, 0.3) is 0 Å². The number of aromatic carboxylic acids is 2. The number of hydrogen-bond acceptors (Lipinski definition) is 6. The Morgan fingerprint density at radius 3 is 1.44 bits per heavy atom. The molecule has 5 aromatic rings. The maximum absolute atomic E-state index is 12.0. The summed E-state index contributed by atoms with van der Waals surface area (Å²) in [5, 5.41) is 19.8. The first-order valence-electron chi connectivity index (χ1n) is 19.7. The Kier molecular flexibility index (Phi) is 10.4. The van der Waals surface area contributed by atoms with Crippen LogP contribution in [0.2, 0.25) is 0 Å². The lowest BCUT2D eigenvalue weighted by molar-refractivity contribution is 0.0685. The second-order valence-electron chi connectivity index (χ2n) is 15.1. The van der Waals surface area contributed by atoms with Crippen LogP contribution in [-0.2, 0) is 25.7 Å². The number of rotatable bonds is 12. The highest BCUT2D eigenvalue weighted by Gasteiger charge is 2.40. The number of hydrogen-bond donors (Lipinski definition) is 2. The van der Waals surface area contributed by atoms with Crippen LogP contribution >= 0.6 is 12.4 Å². The molecular formula is C46H45ClN6O4. The quantitative estimate of drug-likeness (QED) is 0.127. The number of carbonyl (C=O) groups is 2. The molecule has 2 aromatic heterocycles. The van der Waals surface area contributed by atoms with E-state index >= 15 is 0 Å². The van der Waals surface area contributed by atoms with Crippen LogP contribution in [0.3, 0.4) is 0 Å². The molecule has 2 N–H and O–H groups in total. The van der Waals surface area contributed by atoms with Gasteiger partial charge in [0.05, 0.1) is 33.9 Å². The molecule has 290 valence electrons. The summed E-state index contributed by atoms with van der Waals surface area (Å²) in [6, 6.07) is 23.5. The zero-order chi connectivity index (χ0) is 38.5. The van der Waals surface area contributed by atoms with Crippen molar-refractivity contribution in [1.29, 1.82) is 0 Å². The molecule has 0 radical (unpaired) electrons. The Balaban J connectivity index is 0.00000455. The number of pyridine rings is 2. The number of amidine groups is 2. The minimum atomic E-state index is -0.927. The molecule has 2 saturated heterocycles. The molecule has 0 spiro atoms. The molecule has 4 aliphatic rings. The van der Waals surface area contributed by atoms with E-state index in [1.165, 1.54) is 33.4 Å². The molecule has 0 saturated carbocycles. The van der Waals surface area contributed by atoms with E-state index in [1.807, 2.05) is 36.7 Å². The number of aromatic nitrogens is 2. The summed E-state index contributed by atoms with van der Waals surface area (Å²) >= 11 is 0. The van der Waals surface area contributed by atoms with Gasteiger partial charge in [-0.3, -0.25) is 20.0 Å². The Hall–Kier alpha value is -5.87. The highest BCUT2D eigenvalue weighted by molar-refractivity contribution is 6.07. The second-order valence-corrected chi connectivity index (χ2v) is 15.1. The van der Waals surface area contributed by atoms with E-state index in [1.54, 1.807) is 24.3 Å². The molecule has 2 aliphatic carbocycles. The van der Waals surface area contributed by atoms with Crippen molar-refractivity contribution in [3.05, 3.63) is 152 Å². The Morgan fingerprint density at radius 1 is 0.649 bits per heavy atom. The van der Waals surface area contributed by atoms with Crippen molar-refractivity contribution < 1.29 is 19.8 Å². The normalized spacial score (nSPS) is 19.1. The SMILES string of the molecule is CCN=C1C(c2ccc([C@H]3CCN(c4c(Cc5ccccc5C(=O)O)ncc5c4C5)C3=NCC)cc2)CCN1c1c(Cc2ccccc2C(=O)O)ncc2c1C2.Cl. The van der Waals surface area contributed by atoms with Crippen molar-refractivity contribution in [2.45, 2.75) is 64.2 Å². The summed E-state index contributed by atoms with van der Waals surface area (Å²) < 4.78 is 0. The van der Waals surface area contributed by atoms with Gasteiger partial charge in [0.2, 0.25) is 0 Å². The average Bonchev–Trinajstić information content (AvgIpc) is 4.09. The Morgan fingerprint density at radius 2 is 1.05 bits per heavy atom. The van der Waals surface area contributed by atoms with Gasteiger partial charge in [0.1, 0.15) is 11.7 Å². The van der Waals surface area contributed by atoms with Gasteiger partial charge in [0.25, 0.3) is 0 Å². The van der Waals surface area contributed by atoms with Crippen molar-refractivity contribution in [1.82, 2.24) is 9.97 Å². The number of nitrogens with zero attached hydrogens (tertiary/aromatic N) is 6. The molecular weight excluding hydrogens is 736 g/mol. The zero-order valence-corrected chi connectivity index (χ0v) is 32.9. The van der Waals surface area contributed by atoms with Gasteiger partial charge in [-0.15, -0.1) is 12.4 Å². The Bertz CT molecular complexity index is 2290. The van der Waals surface area contributed by atoms with Crippen molar-refractivity contribution in [3.63, 3.8) is 0 Å². The van der Waals surface area contributed by atoms with E-state index in [2.05, 4.69) is 47.9 Å². The summed E-state index contributed by atoms with van der Waals surface area (Å²) in [6.45, 7) is 7.11. The maximum atomic E-state index is 12.0. The number of anilines is 2. The van der Waals surface area contributed by atoms with Crippen molar-refractivity contribution in [2.24, 2.45) is 9.98 Å². The first kappa shape index (κ1) is 38.0. The van der Waals surface area contributed by atoms with Gasteiger partial charge >= 0.3 is 11.9 Å². The summed E-state index contributed by atoms with van der Waals surface area (Å²) in [5.41, 5.74) is 13.6. The molecule has 4 heterocycles. The minimum Gasteiger partial charge on any atom is -0.478 e. The standard InChI is InChI=1S/C46H44N6O4.ClH/c1-3-47-43-33(17-19-51(43)41-37-21-31(37)25-49-39(41)23-29-9-5-7-11-35(29)45(53)54)27-13-15-28(16-14-27)34-18-20-52(44(34)48-4-2)42-38-22-32(38)26-50-40(42)24-30-10-6-8-12-36(30)46(55)56;/h5-16,25-26,33-34H,3-4,17-24H2,1-2H3,(H,53,54)(H,55,56);1H/t33-,34?;/m1./s1. The molecule has 10 nitrogen and oxygen atoms in total. The van der Waals surface area contributed by atoms with Gasteiger partial charge in [-0.25, -0.2) is 9.59 Å². The fourth-order valence-electron chi connectivity index (χ4n) is 8.96. The third kappa shape index (κ3) is 7.07. The molecule has 2 aliphatic heterocycles. The van der Waals surface area contributed by atoms with Crippen LogP contribution in [0.1, 0.15) is 115 Å². The third-order valence-corrected chi connectivity index (χ3v) is 11.7. The molecule has 57 heavy (non-hydrogen) atoms. The number of benzene rings is 3. The average molecular weight is 781 g/mol. The van der Waals surface area contributed by atoms with Crippen LogP contribution in [0.4, 0.5) is 11.4 Å². The molecule has 0 bridgehead atoms. The van der Waals surface area contributed by atoms with Gasteiger partial charge in [-0.2, -0.15) is 0 Å². The second kappa shape index (κ2) is 15.6. The molecule has 2 fully saturated rings. The summed E-state index contributed by atoms with van der Waals surface area (Å²) in [7, 11) is 0. The Labute approximate surface area is 338 Å². The predicted molar refractivity (Wildman–Crippen MR) is 226 cm³/mol. The van der Waals surface area contributed by atoms with Crippen LogP contribution in [0.5, 0.6) is 0 Å². The van der Waals surface area contributed by atoms with Gasteiger partial charge in [0.15, 0.2) is 0 Å². The van der Waals surface area contributed by atoms with E-state index in [-0.39, 0.29) is 24.2 Å². The highest BCUT2D eigenvalue weighted by atomic mass is 35.5. The monoisotopic (exact) mass is 780 g/mol. The van der Waals surface area contributed by atoms with E-state index in [9.17, 15) is 19.8 Å². The number of aliphatic imine (C=N–C) groups is 2. The fraction of sp³-hybridized carbons (Fsp3) is 0.304. The third-order valence-electron chi connectivity index (χ3n) is 11.7. The van der Waals surface area contributed by atoms with E-state index < -0.39 is 11.9 Å². The fourth-order valence-corrected chi connectivity index (χ4v) is 8.96. The highest BCUT2D eigenvalue weighted by Crippen LogP contribution is 2.46. The minimum absolute atomic E-state index is 0. The van der Waals surface area contributed by atoms with Crippen molar-refractivity contribution in [3.8, 4) is 0 Å². The van der Waals surface area contributed by atoms with E-state index in [0.29, 0.717) is 37.1 Å². The van der Waals surface area contributed by atoms with Gasteiger partial charge < -0.3 is 20.0 Å².